The second-order valence-corrected chi connectivity index (χ2v) is 10.0. The highest BCUT2D eigenvalue weighted by Crippen LogP contribution is 2.33. The monoisotopic (exact) mass is 573 g/mol. The van der Waals surface area contributed by atoms with E-state index in [1.165, 1.54) is 17.0 Å². The largest absolute Gasteiger partial charge is 0.463 e. The summed E-state index contributed by atoms with van der Waals surface area (Å²) in [6, 6.07) is 10.4. The van der Waals surface area contributed by atoms with Crippen LogP contribution >= 0.6 is 0 Å². The number of hydrogen-bond acceptors (Lipinski definition) is 5. The molecule has 2 aromatic carbocycles. The predicted molar refractivity (Wildman–Crippen MR) is 147 cm³/mol. The molecule has 1 fully saturated rings. The summed E-state index contributed by atoms with van der Waals surface area (Å²) in [5, 5.41) is 5.60. The van der Waals surface area contributed by atoms with E-state index in [1.54, 1.807) is 18.9 Å². The zero-order valence-corrected chi connectivity index (χ0v) is 23.3. The van der Waals surface area contributed by atoms with Crippen LogP contribution in [-0.4, -0.2) is 79.1 Å². The molecule has 0 aromatic heterocycles. The average molecular weight is 574 g/mol. The number of nitrogens with zero attached hydrogens (tertiary/aromatic N) is 3. The molecule has 1 atom stereocenters. The Bertz CT molecular complexity index is 1310. The van der Waals surface area contributed by atoms with Gasteiger partial charge in [-0.2, -0.15) is 13.2 Å². The summed E-state index contributed by atoms with van der Waals surface area (Å²) in [4.78, 5) is 44.3. The van der Waals surface area contributed by atoms with Crippen molar-refractivity contribution in [2.45, 2.75) is 32.5 Å². The molecule has 2 aliphatic rings. The minimum atomic E-state index is -4.45. The lowest BCUT2D eigenvalue weighted by Gasteiger charge is -2.37. The van der Waals surface area contributed by atoms with Crippen molar-refractivity contribution in [3.05, 3.63) is 76.5 Å². The maximum atomic E-state index is 13.3. The van der Waals surface area contributed by atoms with Crippen LogP contribution in [0.15, 0.2) is 59.8 Å². The third-order valence-corrected chi connectivity index (χ3v) is 7.28. The second kappa shape index (κ2) is 12.6. The van der Waals surface area contributed by atoms with Crippen LogP contribution in [0.3, 0.4) is 0 Å². The summed E-state index contributed by atoms with van der Waals surface area (Å²) in [7, 11) is 1.61. The first-order chi connectivity index (χ1) is 19.5. The number of esters is 1. The van der Waals surface area contributed by atoms with Gasteiger partial charge in [0.2, 0.25) is 0 Å². The Labute approximate surface area is 236 Å². The number of nitrogens with one attached hydrogen (secondary N) is 2. The molecule has 220 valence electrons. The predicted octanol–water partition coefficient (Wildman–Crippen LogP) is 4.77. The molecular formula is C29H34F3N5O4. The summed E-state index contributed by atoms with van der Waals surface area (Å²) in [5.74, 6) is -0.505. The van der Waals surface area contributed by atoms with Crippen molar-refractivity contribution in [3.8, 4) is 0 Å². The van der Waals surface area contributed by atoms with E-state index in [1.807, 2.05) is 31.2 Å². The number of urea groups is 2. The van der Waals surface area contributed by atoms with E-state index >= 15 is 0 Å². The molecule has 0 unspecified atom stereocenters. The Morgan fingerprint density at radius 1 is 1.05 bits per heavy atom. The SMILES string of the molecule is CCOC(=O)C1=C(CN2CCCN(C(=O)Nc3ccc(C(F)(F)F)cc3)CC2)N(C)C(=O)N[C@@H]1c1ccccc1C. The fourth-order valence-electron chi connectivity index (χ4n) is 5.03. The smallest absolute Gasteiger partial charge is 0.416 e. The van der Waals surface area contributed by atoms with Gasteiger partial charge in [0.25, 0.3) is 0 Å². The number of alkyl halides is 3. The van der Waals surface area contributed by atoms with Gasteiger partial charge in [-0.3, -0.25) is 9.80 Å². The molecule has 0 bridgehead atoms. The number of amides is 4. The molecule has 0 aliphatic carbocycles. The number of aryl methyl sites for hydroxylation is 1. The van der Waals surface area contributed by atoms with Crippen molar-refractivity contribution in [2.75, 3.05) is 51.7 Å². The first-order valence-corrected chi connectivity index (χ1v) is 13.4. The van der Waals surface area contributed by atoms with Crippen molar-refractivity contribution in [1.29, 1.82) is 0 Å². The van der Waals surface area contributed by atoms with Crippen molar-refractivity contribution >= 4 is 23.7 Å². The van der Waals surface area contributed by atoms with Gasteiger partial charge in [0.15, 0.2) is 0 Å². The lowest BCUT2D eigenvalue weighted by molar-refractivity contribution is -0.139. The number of benzene rings is 2. The van der Waals surface area contributed by atoms with E-state index in [2.05, 4.69) is 15.5 Å². The third-order valence-electron chi connectivity index (χ3n) is 7.28. The lowest BCUT2D eigenvalue weighted by Crippen LogP contribution is -2.49. The van der Waals surface area contributed by atoms with Crippen molar-refractivity contribution in [2.24, 2.45) is 0 Å². The zero-order valence-electron chi connectivity index (χ0n) is 23.3. The van der Waals surface area contributed by atoms with E-state index in [-0.39, 0.29) is 24.9 Å². The second-order valence-electron chi connectivity index (χ2n) is 10.0. The number of carbonyl (C=O) groups excluding carboxylic acids is 3. The molecule has 12 heteroatoms. The Hall–Kier alpha value is -4.06. The van der Waals surface area contributed by atoms with Gasteiger partial charge in [-0.25, -0.2) is 14.4 Å². The Balaban J connectivity index is 1.51. The standard InChI is InChI=1S/C29H34F3N5O4/c1-4-41-26(38)24-23(35(3)27(39)34-25(24)22-9-6-5-8-19(22)2)18-36-14-7-15-37(17-16-36)28(40)33-21-12-10-20(11-13-21)29(30,31)32/h5-6,8-13,25H,4,7,14-18H2,1-3H3,(H,33,40)(H,34,39)/t25-/m1/s1. The molecular weight excluding hydrogens is 539 g/mol. The molecule has 0 radical (unpaired) electrons. The van der Waals surface area contributed by atoms with Gasteiger partial charge in [-0.15, -0.1) is 0 Å². The number of halogens is 3. The molecule has 0 saturated carbocycles. The van der Waals surface area contributed by atoms with Crippen LogP contribution in [0.25, 0.3) is 0 Å². The number of ether oxygens (including phenoxy) is 1. The van der Waals surface area contributed by atoms with Gasteiger partial charge in [0.05, 0.1) is 23.8 Å². The molecule has 4 amide bonds. The fraction of sp³-hybridized carbons (Fsp3) is 0.414. The minimum absolute atomic E-state index is 0.181. The molecule has 2 aromatic rings. The highest BCUT2D eigenvalue weighted by molar-refractivity contribution is 5.95. The normalized spacial score (nSPS) is 18.6. The van der Waals surface area contributed by atoms with Crippen LogP contribution < -0.4 is 10.6 Å². The van der Waals surface area contributed by atoms with E-state index in [4.69, 9.17) is 4.74 Å². The van der Waals surface area contributed by atoms with Gasteiger partial charge in [0.1, 0.15) is 0 Å². The Kier molecular flexibility index (Phi) is 9.21. The highest BCUT2D eigenvalue weighted by atomic mass is 19.4. The topological polar surface area (TPSA) is 94.2 Å². The average Bonchev–Trinajstić information content (AvgIpc) is 3.17. The maximum absolute atomic E-state index is 13.3. The summed E-state index contributed by atoms with van der Waals surface area (Å²) in [6.07, 6.45) is -3.83. The summed E-state index contributed by atoms with van der Waals surface area (Å²) in [6.45, 7) is 5.97. The van der Waals surface area contributed by atoms with Crippen LogP contribution in [0.1, 0.15) is 36.1 Å². The summed E-state index contributed by atoms with van der Waals surface area (Å²) < 4.78 is 44.0. The number of anilines is 1. The van der Waals surface area contributed by atoms with Crippen LogP contribution in [0.4, 0.5) is 28.4 Å². The lowest BCUT2D eigenvalue weighted by atomic mass is 9.91. The molecule has 2 heterocycles. The maximum Gasteiger partial charge on any atom is 0.416 e. The fourth-order valence-corrected chi connectivity index (χ4v) is 5.03. The molecule has 2 N–H and O–H groups in total. The highest BCUT2D eigenvalue weighted by Gasteiger charge is 2.38. The first-order valence-electron chi connectivity index (χ1n) is 13.4. The van der Waals surface area contributed by atoms with E-state index in [0.29, 0.717) is 43.9 Å². The first kappa shape index (κ1) is 29.9. The Morgan fingerprint density at radius 3 is 2.41 bits per heavy atom. The number of likely N-dealkylation sites (N-methyl/N-ethyl adjacent to an activating group) is 1. The molecule has 2 aliphatic heterocycles. The van der Waals surface area contributed by atoms with Gasteiger partial charge in [-0.1, -0.05) is 24.3 Å². The third kappa shape index (κ3) is 6.99. The summed E-state index contributed by atoms with van der Waals surface area (Å²) >= 11 is 0. The van der Waals surface area contributed by atoms with Crippen molar-refractivity contribution < 1.29 is 32.3 Å². The molecule has 9 nitrogen and oxygen atoms in total. The van der Waals surface area contributed by atoms with E-state index < -0.39 is 29.8 Å². The van der Waals surface area contributed by atoms with Gasteiger partial charge in [0, 0.05) is 51.2 Å². The number of hydrogen-bond donors (Lipinski definition) is 2. The van der Waals surface area contributed by atoms with E-state index in [0.717, 1.165) is 23.3 Å². The Morgan fingerprint density at radius 2 is 1.76 bits per heavy atom. The van der Waals surface area contributed by atoms with Crippen molar-refractivity contribution in [1.82, 2.24) is 20.0 Å². The molecule has 4 rings (SSSR count). The summed E-state index contributed by atoms with van der Waals surface area (Å²) in [5.41, 5.74) is 2.10. The van der Waals surface area contributed by atoms with Gasteiger partial charge >= 0.3 is 24.2 Å². The molecule has 0 spiro atoms. The van der Waals surface area contributed by atoms with E-state index in [9.17, 15) is 27.6 Å². The van der Waals surface area contributed by atoms with Crippen LogP contribution in [0, 0.1) is 6.92 Å². The molecule has 41 heavy (non-hydrogen) atoms. The minimum Gasteiger partial charge on any atom is -0.463 e. The van der Waals surface area contributed by atoms with Gasteiger partial charge in [-0.05, 0) is 55.7 Å². The van der Waals surface area contributed by atoms with Crippen LogP contribution in [-0.2, 0) is 15.7 Å². The number of rotatable bonds is 6. The molecule has 1 saturated heterocycles. The van der Waals surface area contributed by atoms with Crippen LogP contribution in [0.2, 0.25) is 0 Å². The quantitative estimate of drug-likeness (QED) is 0.486. The zero-order chi connectivity index (χ0) is 29.7. The van der Waals surface area contributed by atoms with Crippen molar-refractivity contribution in [3.63, 3.8) is 0 Å². The number of carbonyl (C=O) groups is 3. The van der Waals surface area contributed by atoms with Gasteiger partial charge < -0.3 is 20.3 Å². The van der Waals surface area contributed by atoms with Crippen LogP contribution in [0.5, 0.6) is 0 Å².